The Morgan fingerprint density at radius 2 is 1.50 bits per heavy atom. The second-order valence-electron chi connectivity index (χ2n) is 2.10. The van der Waals surface area contributed by atoms with E-state index in [0.29, 0.717) is 0 Å². The van der Waals surface area contributed by atoms with Crippen molar-refractivity contribution in [1.29, 1.82) is 0 Å². The van der Waals surface area contributed by atoms with Gasteiger partial charge in [0.05, 0.1) is 0 Å². The number of hydrogen-bond acceptors (Lipinski definition) is 3. The summed E-state index contributed by atoms with van der Waals surface area (Å²) in [5, 5.41) is 7.72. The Balaban J connectivity index is -0.000000177. The molecule has 0 unspecified atom stereocenters. The molecule has 0 amide bonds. The molecule has 6 heteroatoms. The maximum absolute atomic E-state index is 9.37. The van der Waals surface area contributed by atoms with Gasteiger partial charge in [-0.2, -0.15) is 0 Å². The van der Waals surface area contributed by atoms with Crippen molar-refractivity contribution in [2.75, 3.05) is 13.2 Å². The largest absolute Gasteiger partial charge is 1.00 e. The third-order valence-corrected chi connectivity index (χ3v) is 2.39. The zero-order valence-electron chi connectivity index (χ0n) is 9.79. The van der Waals surface area contributed by atoms with Crippen molar-refractivity contribution in [3.05, 3.63) is 0 Å². The average molecular weight is 214 g/mol. The van der Waals surface area contributed by atoms with Crippen molar-refractivity contribution in [2.24, 2.45) is 0 Å². The van der Waals surface area contributed by atoms with E-state index in [1.165, 1.54) is 0 Å². The summed E-state index contributed by atoms with van der Waals surface area (Å²) in [7, 11) is -0.891. The molecule has 0 aliphatic heterocycles. The minimum atomic E-state index is -0.891. The number of aliphatic carboxylic acids is 1. The molecule has 80 valence electrons. The van der Waals surface area contributed by atoms with Crippen LogP contribution in [0.2, 0.25) is 6.55 Å². The first kappa shape index (κ1) is 19.7. The normalized spacial score (nSPS) is 8.64. The maximum Gasteiger partial charge on any atom is 1.00 e. The van der Waals surface area contributed by atoms with E-state index in [1.807, 2.05) is 20.4 Å². The van der Waals surface area contributed by atoms with Gasteiger partial charge in [-0.3, -0.25) is 4.79 Å². The van der Waals surface area contributed by atoms with Gasteiger partial charge >= 0.3 is 24.8 Å². The molecular weight excluding hydrogens is 195 g/mol. The molecule has 1 N–H and O–H groups in total. The summed E-state index contributed by atoms with van der Waals surface area (Å²) in [4.78, 5) is 9.37. The Hall–Kier alpha value is 0.204. The summed E-state index contributed by atoms with van der Waals surface area (Å²) in [6.07, 6.45) is 0.222. The van der Waals surface area contributed by atoms with Crippen molar-refractivity contribution in [3.8, 4) is 0 Å². The van der Waals surface area contributed by atoms with Gasteiger partial charge in [-0.1, -0.05) is 6.92 Å². The van der Waals surface area contributed by atoms with Gasteiger partial charge in [-0.15, -0.1) is 6.55 Å². The molecule has 0 aliphatic carbocycles. The van der Waals surface area contributed by atoms with E-state index in [4.69, 9.17) is 14.0 Å². The Morgan fingerprint density at radius 3 is 1.64 bits per heavy atom. The van der Waals surface area contributed by atoms with E-state index >= 15 is 0 Å². The number of hydrogen-bond donors (Lipinski definition) is 1. The van der Waals surface area contributed by atoms with E-state index < -0.39 is 15.3 Å². The Kier molecular flexibility index (Phi) is 22.1. The van der Waals surface area contributed by atoms with Gasteiger partial charge in [0, 0.05) is 28.9 Å². The van der Waals surface area contributed by atoms with Crippen molar-refractivity contribution in [3.63, 3.8) is 0 Å². The van der Waals surface area contributed by atoms with Crippen LogP contribution in [-0.4, -0.2) is 33.6 Å². The van der Waals surface area contributed by atoms with Crippen LogP contribution in [0.5, 0.6) is 0 Å². The number of carboxylic acid groups (broad SMARTS) is 1. The molecule has 0 radical (unpaired) electrons. The summed E-state index contributed by atoms with van der Waals surface area (Å²) in [6, 6.07) is 0. The van der Waals surface area contributed by atoms with Crippen LogP contribution in [0.3, 0.4) is 0 Å². The molecule has 0 rings (SSSR count). The maximum atomic E-state index is 9.37. The van der Waals surface area contributed by atoms with Crippen LogP contribution in [0.4, 0.5) is 0 Å². The van der Waals surface area contributed by atoms with Gasteiger partial charge in [0.25, 0.3) is 0 Å². The molecule has 0 aromatic heterocycles. The van der Waals surface area contributed by atoms with E-state index in [-0.39, 0.29) is 25.3 Å². The summed E-state index contributed by atoms with van der Waals surface area (Å²) in [6.45, 7) is 9.09. The van der Waals surface area contributed by atoms with Crippen molar-refractivity contribution < 1.29 is 37.6 Å². The molecule has 0 aromatic carbocycles. The molecule has 0 saturated heterocycles. The van der Waals surface area contributed by atoms with Crippen LogP contribution < -0.4 is 18.9 Å². The van der Waals surface area contributed by atoms with Crippen molar-refractivity contribution in [1.82, 2.24) is 0 Å². The molecular formula is C8H19LiO4Si. The number of carboxylic acids is 1. The van der Waals surface area contributed by atoms with Crippen molar-refractivity contribution >= 4 is 15.3 Å². The predicted molar refractivity (Wildman–Crippen MR) is 52.8 cm³/mol. The van der Waals surface area contributed by atoms with Crippen LogP contribution in [-0.2, 0) is 13.6 Å². The molecule has 14 heavy (non-hydrogen) atoms. The molecule has 0 bridgehead atoms. The summed E-state index contributed by atoms with van der Waals surface area (Å²) in [5.74, 6) is -0.745. The second kappa shape index (κ2) is 15.7. The van der Waals surface area contributed by atoms with Gasteiger partial charge in [0.1, 0.15) is 0 Å². The summed E-state index contributed by atoms with van der Waals surface area (Å²) in [5.41, 5.74) is 0. The summed E-state index contributed by atoms with van der Waals surface area (Å²) >= 11 is 0. The Labute approximate surface area is 100 Å². The number of rotatable bonds is 5. The van der Waals surface area contributed by atoms with E-state index in [9.17, 15) is 4.79 Å². The minimum absolute atomic E-state index is 0. The number of carbonyl (C=O) groups is 1. The predicted octanol–water partition coefficient (Wildman–Crippen LogP) is -1.34. The first-order chi connectivity index (χ1) is 6.08. The van der Waals surface area contributed by atoms with Gasteiger partial charge in [-0.25, -0.2) is 0 Å². The van der Waals surface area contributed by atoms with Crippen LogP contribution in [0.1, 0.15) is 27.2 Å². The Morgan fingerprint density at radius 1 is 1.21 bits per heavy atom. The fourth-order valence-electron chi connectivity index (χ4n) is 0.448. The van der Waals surface area contributed by atoms with Gasteiger partial charge < -0.3 is 14.0 Å². The van der Waals surface area contributed by atoms with Crippen LogP contribution >= 0.6 is 0 Å². The van der Waals surface area contributed by atoms with Crippen molar-refractivity contribution in [2.45, 2.75) is 33.7 Å². The quantitative estimate of drug-likeness (QED) is 0.576. The molecule has 0 aromatic rings. The molecule has 0 atom stereocenters. The second-order valence-corrected chi connectivity index (χ2v) is 3.67. The fraction of sp³-hybridized carbons (Fsp3) is 0.875. The van der Waals surface area contributed by atoms with Gasteiger partial charge in [-0.05, 0) is 13.8 Å². The summed E-state index contributed by atoms with van der Waals surface area (Å²) < 4.78 is 10.3. The topological polar surface area (TPSA) is 55.8 Å². The molecule has 0 saturated carbocycles. The van der Waals surface area contributed by atoms with E-state index in [1.54, 1.807) is 6.92 Å². The Bertz CT molecular complexity index is 118. The zero-order chi connectivity index (χ0) is 10.7. The zero-order valence-corrected chi connectivity index (χ0v) is 10.8. The first-order valence-electron chi connectivity index (χ1n) is 4.39. The minimum Gasteiger partial charge on any atom is -0.563 e. The molecule has 0 spiro atoms. The molecule has 0 aliphatic rings. The SMILES string of the molecule is CCC(=O)O.CCO[Si-](C)OCC.[Li+]. The standard InChI is InChI=1S/C5H13O2Si.C3H6O2.Li/c1-4-6-8(3)7-5-2;1-2-3(4)5;/h4-5H2,1-3H3;2H2,1H3,(H,4,5);/q-1;;+1. The molecule has 0 heterocycles. The monoisotopic (exact) mass is 214 g/mol. The fourth-order valence-corrected chi connectivity index (χ4v) is 1.34. The molecule has 4 nitrogen and oxygen atoms in total. The molecule has 0 fully saturated rings. The van der Waals surface area contributed by atoms with E-state index in [2.05, 4.69) is 0 Å². The van der Waals surface area contributed by atoms with Gasteiger partial charge in [0.2, 0.25) is 0 Å². The smallest absolute Gasteiger partial charge is 0.563 e. The van der Waals surface area contributed by atoms with Crippen LogP contribution in [0, 0.1) is 0 Å². The van der Waals surface area contributed by atoms with Gasteiger partial charge in [0.15, 0.2) is 0 Å². The first-order valence-corrected chi connectivity index (χ1v) is 6.20. The van der Waals surface area contributed by atoms with E-state index in [0.717, 1.165) is 13.2 Å². The van der Waals surface area contributed by atoms with Crippen LogP contribution in [0.25, 0.3) is 0 Å². The van der Waals surface area contributed by atoms with Crippen LogP contribution in [0.15, 0.2) is 0 Å². The average Bonchev–Trinajstić information content (AvgIpc) is 2.06. The third kappa shape index (κ3) is 22.8. The third-order valence-electron chi connectivity index (χ3n) is 0.998.